The van der Waals surface area contributed by atoms with Gasteiger partial charge in [0.2, 0.25) is 0 Å². The van der Waals surface area contributed by atoms with E-state index < -0.39 is 0 Å². The number of nitrogens with zero attached hydrogens (tertiary/aromatic N) is 3. The number of benzene rings is 1. The van der Waals surface area contributed by atoms with Crippen LogP contribution in [0.5, 0.6) is 0 Å². The van der Waals surface area contributed by atoms with Gasteiger partial charge in [-0.15, -0.1) is 0 Å². The Balaban J connectivity index is 1.94. The Bertz CT molecular complexity index is 822. The summed E-state index contributed by atoms with van der Waals surface area (Å²) in [6.45, 7) is 6.14. The summed E-state index contributed by atoms with van der Waals surface area (Å²) in [5.41, 5.74) is 5.38. The van der Waals surface area contributed by atoms with Crippen molar-refractivity contribution < 1.29 is 0 Å². The van der Waals surface area contributed by atoms with E-state index in [1.165, 1.54) is 11.1 Å². The molecule has 5 nitrogen and oxygen atoms in total. The summed E-state index contributed by atoms with van der Waals surface area (Å²) in [4.78, 5) is 4.83. The van der Waals surface area contributed by atoms with E-state index in [1.807, 2.05) is 24.7 Å². The molecule has 126 valence electrons. The molecule has 24 heavy (non-hydrogen) atoms. The molecule has 5 heteroatoms. The summed E-state index contributed by atoms with van der Waals surface area (Å²) in [5.74, 6) is 0.996. The maximum Gasteiger partial charge on any atom is 0.160 e. The molecule has 0 aliphatic rings. The molecule has 0 bridgehead atoms. The van der Waals surface area contributed by atoms with E-state index in [9.17, 15) is 0 Å². The third-order valence-electron chi connectivity index (χ3n) is 4.23. The normalized spacial score (nSPS) is 11.1. The molecular weight excluding hydrogens is 298 g/mol. The number of fused-ring (bicyclic) bond motifs is 1. The minimum Gasteiger partial charge on any atom is -0.370 e. The molecular formula is C19H25N5. The smallest absolute Gasteiger partial charge is 0.160 e. The highest BCUT2D eigenvalue weighted by Crippen LogP contribution is 2.26. The Kier molecular flexibility index (Phi) is 5.11. The zero-order valence-corrected chi connectivity index (χ0v) is 14.6. The number of hydrogen-bond acceptors (Lipinski definition) is 4. The zero-order valence-electron chi connectivity index (χ0n) is 14.6. The quantitative estimate of drug-likeness (QED) is 0.654. The third-order valence-corrected chi connectivity index (χ3v) is 4.23. The van der Waals surface area contributed by atoms with Crippen molar-refractivity contribution in [3.63, 3.8) is 0 Å². The van der Waals surface area contributed by atoms with Crippen molar-refractivity contribution in [3.05, 3.63) is 47.7 Å². The van der Waals surface area contributed by atoms with Crippen LogP contribution >= 0.6 is 0 Å². The van der Waals surface area contributed by atoms with Gasteiger partial charge in [-0.3, -0.25) is 0 Å². The standard InChI is InChI=1S/C19H25N5/c1-14-8-4-5-9-16(14)17-12-18(21-11-7-6-10-20-3)24-19(23-17)15(2)13-22-24/h4-5,8-9,12-13,20-21H,6-7,10-11H2,1-3H3. The molecule has 0 unspecified atom stereocenters. The molecule has 3 aromatic rings. The summed E-state index contributed by atoms with van der Waals surface area (Å²) >= 11 is 0. The Labute approximate surface area is 143 Å². The van der Waals surface area contributed by atoms with E-state index in [4.69, 9.17) is 4.98 Å². The second-order valence-corrected chi connectivity index (χ2v) is 6.14. The summed E-state index contributed by atoms with van der Waals surface area (Å²) < 4.78 is 1.90. The maximum atomic E-state index is 4.83. The minimum absolute atomic E-state index is 0.911. The first-order chi connectivity index (χ1) is 11.7. The number of anilines is 1. The zero-order chi connectivity index (χ0) is 16.9. The molecule has 2 heterocycles. The molecule has 0 saturated heterocycles. The Morgan fingerprint density at radius 2 is 1.83 bits per heavy atom. The summed E-state index contributed by atoms with van der Waals surface area (Å²) in [6.07, 6.45) is 4.14. The molecule has 2 aromatic heterocycles. The van der Waals surface area contributed by atoms with Crippen LogP contribution in [-0.4, -0.2) is 34.7 Å². The lowest BCUT2D eigenvalue weighted by molar-refractivity contribution is 0.692. The molecule has 0 fully saturated rings. The molecule has 0 saturated carbocycles. The third kappa shape index (κ3) is 3.41. The van der Waals surface area contributed by atoms with Crippen LogP contribution in [0.15, 0.2) is 36.5 Å². The van der Waals surface area contributed by atoms with Gasteiger partial charge in [-0.05, 0) is 45.8 Å². The fraction of sp³-hybridized carbons (Fsp3) is 0.368. The Morgan fingerprint density at radius 1 is 1.04 bits per heavy atom. The van der Waals surface area contributed by atoms with Gasteiger partial charge in [0.05, 0.1) is 11.9 Å². The van der Waals surface area contributed by atoms with Crippen molar-refractivity contribution in [2.24, 2.45) is 0 Å². The van der Waals surface area contributed by atoms with Crippen molar-refractivity contribution in [1.82, 2.24) is 19.9 Å². The average molecular weight is 323 g/mol. The monoisotopic (exact) mass is 323 g/mol. The van der Waals surface area contributed by atoms with E-state index in [0.717, 1.165) is 48.7 Å². The summed E-state index contributed by atoms with van der Waals surface area (Å²) in [7, 11) is 1.99. The predicted octanol–water partition coefficient (Wildman–Crippen LogP) is 3.42. The van der Waals surface area contributed by atoms with E-state index >= 15 is 0 Å². The first-order valence-corrected chi connectivity index (χ1v) is 8.50. The van der Waals surface area contributed by atoms with Gasteiger partial charge in [0, 0.05) is 23.7 Å². The lowest BCUT2D eigenvalue weighted by atomic mass is 10.1. The topological polar surface area (TPSA) is 54.2 Å². The van der Waals surface area contributed by atoms with Gasteiger partial charge < -0.3 is 10.6 Å². The number of rotatable bonds is 7. The van der Waals surface area contributed by atoms with E-state index in [0.29, 0.717) is 0 Å². The number of nitrogens with one attached hydrogen (secondary N) is 2. The fourth-order valence-electron chi connectivity index (χ4n) is 2.84. The highest BCUT2D eigenvalue weighted by Gasteiger charge is 2.11. The second kappa shape index (κ2) is 7.45. The van der Waals surface area contributed by atoms with Gasteiger partial charge in [0.25, 0.3) is 0 Å². The highest BCUT2D eigenvalue weighted by atomic mass is 15.3. The van der Waals surface area contributed by atoms with Gasteiger partial charge in [-0.1, -0.05) is 24.3 Å². The van der Waals surface area contributed by atoms with Crippen molar-refractivity contribution in [3.8, 4) is 11.3 Å². The number of aryl methyl sites for hydroxylation is 2. The van der Waals surface area contributed by atoms with Crippen molar-refractivity contribution >= 4 is 11.5 Å². The van der Waals surface area contributed by atoms with Gasteiger partial charge in [-0.25, -0.2) is 4.98 Å². The summed E-state index contributed by atoms with van der Waals surface area (Å²) in [5, 5.41) is 11.2. The maximum absolute atomic E-state index is 4.83. The van der Waals surface area contributed by atoms with Crippen LogP contribution in [0, 0.1) is 13.8 Å². The van der Waals surface area contributed by atoms with Crippen LogP contribution in [0.1, 0.15) is 24.0 Å². The molecule has 0 amide bonds. The van der Waals surface area contributed by atoms with Crippen LogP contribution in [0.2, 0.25) is 0 Å². The second-order valence-electron chi connectivity index (χ2n) is 6.14. The van der Waals surface area contributed by atoms with Crippen LogP contribution < -0.4 is 10.6 Å². The summed E-state index contributed by atoms with van der Waals surface area (Å²) in [6, 6.07) is 10.5. The first-order valence-electron chi connectivity index (χ1n) is 8.50. The Hall–Kier alpha value is -2.40. The van der Waals surface area contributed by atoms with E-state index in [-0.39, 0.29) is 0 Å². The molecule has 3 rings (SSSR count). The molecule has 0 aliphatic heterocycles. The fourth-order valence-corrected chi connectivity index (χ4v) is 2.84. The molecule has 0 atom stereocenters. The lowest BCUT2D eigenvalue weighted by Crippen LogP contribution is -2.12. The molecule has 2 N–H and O–H groups in total. The predicted molar refractivity (Wildman–Crippen MR) is 99.5 cm³/mol. The number of aromatic nitrogens is 3. The molecule has 0 radical (unpaired) electrons. The number of unbranched alkanes of at least 4 members (excludes halogenated alkanes) is 1. The van der Waals surface area contributed by atoms with Crippen molar-refractivity contribution in [2.45, 2.75) is 26.7 Å². The van der Waals surface area contributed by atoms with Crippen molar-refractivity contribution in [1.29, 1.82) is 0 Å². The Morgan fingerprint density at radius 3 is 2.62 bits per heavy atom. The van der Waals surface area contributed by atoms with Gasteiger partial charge in [0.15, 0.2) is 5.65 Å². The van der Waals surface area contributed by atoms with Crippen molar-refractivity contribution in [2.75, 3.05) is 25.5 Å². The highest BCUT2D eigenvalue weighted by molar-refractivity contribution is 5.70. The SMILES string of the molecule is CNCCCCNc1cc(-c2ccccc2C)nc2c(C)cnn12. The lowest BCUT2D eigenvalue weighted by Gasteiger charge is -2.12. The van der Waals surface area contributed by atoms with Gasteiger partial charge in [-0.2, -0.15) is 9.61 Å². The van der Waals surface area contributed by atoms with Crippen LogP contribution in [0.25, 0.3) is 16.9 Å². The van der Waals surface area contributed by atoms with Crippen LogP contribution in [0.4, 0.5) is 5.82 Å². The first kappa shape index (κ1) is 16.5. The molecule has 0 aliphatic carbocycles. The average Bonchev–Trinajstić information content (AvgIpc) is 2.96. The van der Waals surface area contributed by atoms with Crippen LogP contribution in [0.3, 0.4) is 0 Å². The van der Waals surface area contributed by atoms with E-state index in [1.54, 1.807) is 0 Å². The molecule has 0 spiro atoms. The minimum atomic E-state index is 0.911. The van der Waals surface area contributed by atoms with Crippen LogP contribution in [-0.2, 0) is 0 Å². The van der Waals surface area contributed by atoms with Gasteiger partial charge in [0.1, 0.15) is 5.82 Å². The van der Waals surface area contributed by atoms with E-state index in [2.05, 4.69) is 53.0 Å². The largest absolute Gasteiger partial charge is 0.370 e. The number of hydrogen-bond donors (Lipinski definition) is 2. The van der Waals surface area contributed by atoms with Gasteiger partial charge >= 0.3 is 0 Å². The molecule has 1 aromatic carbocycles.